The highest BCUT2D eigenvalue weighted by atomic mass is 35.5. The lowest BCUT2D eigenvalue weighted by atomic mass is 10.0. The number of halogens is 1. The highest BCUT2D eigenvalue weighted by Gasteiger charge is 2.14. The number of fused-ring (bicyclic) bond motifs is 1. The molecule has 0 bridgehead atoms. The standard InChI is InChI=1S/C20H14ClN3O/c21-17-9-5-4-8-14(17)16-12-23-19(24-13-6-2-1-3-7-13)18-15(16)10-11-22-20(18)25/h1-12H,(H,22,25)(H,23,24). The number of aromatic nitrogens is 2. The molecule has 2 heterocycles. The van der Waals surface area contributed by atoms with Crippen LogP contribution in [0.2, 0.25) is 5.02 Å². The predicted octanol–water partition coefficient (Wildman–Crippen LogP) is 4.99. The van der Waals surface area contributed by atoms with Gasteiger partial charge in [0.05, 0.1) is 5.39 Å². The molecule has 0 amide bonds. The Kier molecular flexibility index (Phi) is 3.96. The van der Waals surface area contributed by atoms with Crippen LogP contribution in [0.25, 0.3) is 21.9 Å². The second-order valence-electron chi connectivity index (χ2n) is 5.59. The zero-order valence-corrected chi connectivity index (χ0v) is 13.9. The van der Waals surface area contributed by atoms with Crippen LogP contribution in [0.4, 0.5) is 11.5 Å². The van der Waals surface area contributed by atoms with Gasteiger partial charge in [-0.2, -0.15) is 0 Å². The minimum absolute atomic E-state index is 0.197. The highest BCUT2D eigenvalue weighted by molar-refractivity contribution is 6.33. The van der Waals surface area contributed by atoms with Gasteiger partial charge in [-0.15, -0.1) is 0 Å². The van der Waals surface area contributed by atoms with Crippen molar-refractivity contribution in [2.45, 2.75) is 0 Å². The van der Waals surface area contributed by atoms with Crippen LogP contribution < -0.4 is 10.9 Å². The summed E-state index contributed by atoms with van der Waals surface area (Å²) in [7, 11) is 0. The average molecular weight is 348 g/mol. The lowest BCUT2D eigenvalue weighted by molar-refractivity contribution is 1.25. The van der Waals surface area contributed by atoms with Crippen LogP contribution in [0.5, 0.6) is 0 Å². The molecular weight excluding hydrogens is 334 g/mol. The molecule has 25 heavy (non-hydrogen) atoms. The summed E-state index contributed by atoms with van der Waals surface area (Å²) in [5, 5.41) is 5.14. The maximum absolute atomic E-state index is 12.5. The summed E-state index contributed by atoms with van der Waals surface area (Å²) >= 11 is 6.34. The van der Waals surface area contributed by atoms with Crippen LogP contribution in [-0.4, -0.2) is 9.97 Å². The van der Waals surface area contributed by atoms with Crippen molar-refractivity contribution < 1.29 is 0 Å². The highest BCUT2D eigenvalue weighted by Crippen LogP contribution is 2.34. The molecule has 0 saturated carbocycles. The van der Waals surface area contributed by atoms with Gasteiger partial charge in [-0.05, 0) is 24.3 Å². The molecule has 122 valence electrons. The summed E-state index contributed by atoms with van der Waals surface area (Å²) in [4.78, 5) is 19.7. The van der Waals surface area contributed by atoms with Gasteiger partial charge in [0.1, 0.15) is 5.82 Å². The van der Waals surface area contributed by atoms with Gasteiger partial charge in [-0.1, -0.05) is 48.0 Å². The Hall–Kier alpha value is -3.11. The van der Waals surface area contributed by atoms with Crippen molar-refractivity contribution in [3.63, 3.8) is 0 Å². The van der Waals surface area contributed by atoms with Crippen LogP contribution in [0.15, 0.2) is 77.9 Å². The molecule has 5 heteroatoms. The number of anilines is 2. The molecule has 4 nitrogen and oxygen atoms in total. The quantitative estimate of drug-likeness (QED) is 0.549. The SMILES string of the molecule is O=c1[nH]ccc2c(-c3ccccc3Cl)cnc(Nc3ccccc3)c12. The number of rotatable bonds is 3. The van der Waals surface area contributed by atoms with E-state index in [1.54, 1.807) is 12.4 Å². The molecule has 0 radical (unpaired) electrons. The lowest BCUT2D eigenvalue weighted by Crippen LogP contribution is -2.09. The van der Waals surface area contributed by atoms with Crippen molar-refractivity contribution >= 4 is 33.9 Å². The molecule has 0 saturated heterocycles. The van der Waals surface area contributed by atoms with Crippen LogP contribution >= 0.6 is 11.6 Å². The number of benzene rings is 2. The minimum atomic E-state index is -0.197. The van der Waals surface area contributed by atoms with Crippen LogP contribution in [0, 0.1) is 0 Å². The van der Waals surface area contributed by atoms with Crippen molar-refractivity contribution in [1.29, 1.82) is 0 Å². The van der Waals surface area contributed by atoms with Gasteiger partial charge >= 0.3 is 0 Å². The smallest absolute Gasteiger partial charge is 0.259 e. The fourth-order valence-electron chi connectivity index (χ4n) is 2.85. The fraction of sp³-hybridized carbons (Fsp3) is 0. The second kappa shape index (κ2) is 6.42. The third kappa shape index (κ3) is 2.88. The number of pyridine rings is 2. The maximum Gasteiger partial charge on any atom is 0.259 e. The van der Waals surface area contributed by atoms with E-state index in [9.17, 15) is 4.79 Å². The van der Waals surface area contributed by atoms with E-state index < -0.39 is 0 Å². The fourth-order valence-corrected chi connectivity index (χ4v) is 3.09. The first-order valence-electron chi connectivity index (χ1n) is 7.81. The van der Waals surface area contributed by atoms with E-state index in [4.69, 9.17) is 11.6 Å². The molecule has 2 N–H and O–H groups in total. The Labute approximate surface area is 149 Å². The molecular formula is C20H14ClN3O. The molecule has 0 aliphatic carbocycles. The zero-order valence-electron chi connectivity index (χ0n) is 13.2. The molecule has 0 spiro atoms. The van der Waals surface area contributed by atoms with E-state index in [2.05, 4.69) is 15.3 Å². The molecule has 2 aromatic heterocycles. The molecule has 4 rings (SSSR count). The number of nitrogens with zero attached hydrogens (tertiary/aromatic N) is 1. The summed E-state index contributed by atoms with van der Waals surface area (Å²) in [5.74, 6) is 0.513. The summed E-state index contributed by atoms with van der Waals surface area (Å²) in [5.41, 5.74) is 2.34. The maximum atomic E-state index is 12.5. The largest absolute Gasteiger partial charge is 0.340 e. The number of nitrogens with one attached hydrogen (secondary N) is 2. The van der Waals surface area contributed by atoms with E-state index in [0.29, 0.717) is 16.2 Å². The second-order valence-corrected chi connectivity index (χ2v) is 5.99. The van der Waals surface area contributed by atoms with Crippen molar-refractivity contribution in [1.82, 2.24) is 9.97 Å². The molecule has 4 aromatic rings. The molecule has 0 aliphatic heterocycles. The summed E-state index contributed by atoms with van der Waals surface area (Å²) < 4.78 is 0. The third-order valence-corrected chi connectivity index (χ3v) is 4.34. The van der Waals surface area contributed by atoms with Crippen molar-refractivity contribution in [3.05, 3.63) is 88.4 Å². The van der Waals surface area contributed by atoms with Gasteiger partial charge in [0.15, 0.2) is 0 Å². The zero-order chi connectivity index (χ0) is 17.2. The van der Waals surface area contributed by atoms with Crippen molar-refractivity contribution in [2.24, 2.45) is 0 Å². The monoisotopic (exact) mass is 347 g/mol. The summed E-state index contributed by atoms with van der Waals surface area (Å²) in [6.45, 7) is 0. The van der Waals surface area contributed by atoms with Gasteiger partial charge < -0.3 is 10.3 Å². The Morgan fingerprint density at radius 3 is 2.48 bits per heavy atom. The lowest BCUT2D eigenvalue weighted by Gasteiger charge is -2.12. The number of para-hydroxylation sites is 1. The minimum Gasteiger partial charge on any atom is -0.340 e. The number of H-pyrrole nitrogens is 1. The number of hydrogen-bond acceptors (Lipinski definition) is 3. The molecule has 0 aliphatic rings. The molecule has 0 atom stereocenters. The van der Waals surface area contributed by atoms with Gasteiger partial charge in [0.2, 0.25) is 0 Å². The topological polar surface area (TPSA) is 57.8 Å². The average Bonchev–Trinajstić information content (AvgIpc) is 2.64. The predicted molar refractivity (Wildman–Crippen MR) is 103 cm³/mol. The summed E-state index contributed by atoms with van der Waals surface area (Å²) in [6, 6.07) is 19.0. The van der Waals surface area contributed by atoms with Gasteiger partial charge in [0, 0.05) is 39.6 Å². The van der Waals surface area contributed by atoms with Gasteiger partial charge in [-0.25, -0.2) is 4.98 Å². The van der Waals surface area contributed by atoms with Crippen LogP contribution in [0.3, 0.4) is 0 Å². The first-order chi connectivity index (χ1) is 12.2. The van der Waals surface area contributed by atoms with Crippen molar-refractivity contribution in [2.75, 3.05) is 5.32 Å². The third-order valence-electron chi connectivity index (χ3n) is 4.01. The Bertz CT molecular complexity index is 1110. The Morgan fingerprint density at radius 1 is 0.920 bits per heavy atom. The normalized spacial score (nSPS) is 10.8. The number of aromatic amines is 1. The Balaban J connectivity index is 1.95. The molecule has 0 unspecified atom stereocenters. The molecule has 2 aromatic carbocycles. The van der Waals surface area contributed by atoms with E-state index in [-0.39, 0.29) is 5.56 Å². The first kappa shape index (κ1) is 15.4. The summed E-state index contributed by atoms with van der Waals surface area (Å²) in [6.07, 6.45) is 3.38. The Morgan fingerprint density at radius 2 is 1.68 bits per heavy atom. The van der Waals surface area contributed by atoms with E-state index in [1.807, 2.05) is 60.7 Å². The van der Waals surface area contributed by atoms with Crippen LogP contribution in [0.1, 0.15) is 0 Å². The van der Waals surface area contributed by atoms with Crippen LogP contribution in [-0.2, 0) is 0 Å². The van der Waals surface area contributed by atoms with E-state index >= 15 is 0 Å². The first-order valence-corrected chi connectivity index (χ1v) is 8.19. The molecule has 0 fully saturated rings. The number of hydrogen-bond donors (Lipinski definition) is 2. The van der Waals surface area contributed by atoms with E-state index in [0.717, 1.165) is 22.2 Å². The van der Waals surface area contributed by atoms with Crippen molar-refractivity contribution in [3.8, 4) is 11.1 Å². The van der Waals surface area contributed by atoms with E-state index in [1.165, 1.54) is 0 Å². The van der Waals surface area contributed by atoms with Gasteiger partial charge in [0.25, 0.3) is 5.56 Å². The van der Waals surface area contributed by atoms with Gasteiger partial charge in [-0.3, -0.25) is 4.79 Å².